The first kappa shape index (κ1) is 20.7. The lowest BCUT2D eigenvalue weighted by Gasteiger charge is -2.15. The van der Waals surface area contributed by atoms with Crippen LogP contribution in [-0.4, -0.2) is 40.0 Å². The Labute approximate surface area is 167 Å². The summed E-state index contributed by atoms with van der Waals surface area (Å²) < 4.78 is 44.9. The van der Waals surface area contributed by atoms with Gasteiger partial charge < -0.3 is 29.2 Å². The fraction of sp³-hybridized carbons (Fsp3) is 0.350. The first-order chi connectivity index (χ1) is 13.9. The fourth-order valence-electron chi connectivity index (χ4n) is 3.01. The van der Waals surface area contributed by atoms with Gasteiger partial charge in [-0.15, -0.1) is 0 Å². The number of alkyl halides is 2. The van der Waals surface area contributed by atoms with E-state index in [-0.39, 0.29) is 37.3 Å². The molecule has 0 spiro atoms. The molecule has 1 atom stereocenters. The van der Waals surface area contributed by atoms with Crippen LogP contribution in [0.2, 0.25) is 0 Å². The summed E-state index contributed by atoms with van der Waals surface area (Å²) in [5.41, 5.74) is 1.75. The number of hydrogen-bond donors (Lipinski definition) is 2. The number of carbonyl (C=O) groups excluding carboxylic acids is 1. The zero-order valence-corrected chi connectivity index (χ0v) is 16.2. The second kappa shape index (κ2) is 9.42. The van der Waals surface area contributed by atoms with Crippen molar-refractivity contribution in [3.05, 3.63) is 47.5 Å². The third-order valence-corrected chi connectivity index (χ3v) is 4.34. The van der Waals surface area contributed by atoms with Crippen molar-refractivity contribution in [3.63, 3.8) is 0 Å². The van der Waals surface area contributed by atoms with Gasteiger partial charge >= 0.3 is 6.61 Å². The molecule has 1 aliphatic rings. The molecule has 0 bridgehead atoms. The largest absolute Gasteiger partial charge is 0.493 e. The number of fused-ring (bicyclic) bond motifs is 1. The zero-order chi connectivity index (χ0) is 20.8. The lowest BCUT2D eigenvalue weighted by atomic mass is 10.2. The van der Waals surface area contributed by atoms with Crippen molar-refractivity contribution in [2.75, 3.05) is 27.5 Å². The maximum Gasteiger partial charge on any atom is 0.387 e. The minimum atomic E-state index is -2.93. The first-order valence-electron chi connectivity index (χ1n) is 9.03. The summed E-state index contributed by atoms with van der Waals surface area (Å²) in [6, 6.07) is 10.3. The molecular formula is C20H23F2N2O5+. The van der Waals surface area contributed by atoms with Gasteiger partial charge in [0.05, 0.1) is 14.2 Å². The highest BCUT2D eigenvalue weighted by molar-refractivity contribution is 5.76. The Morgan fingerprint density at radius 3 is 2.66 bits per heavy atom. The first-order valence-corrected chi connectivity index (χ1v) is 9.03. The van der Waals surface area contributed by atoms with Gasteiger partial charge in [0, 0.05) is 12.1 Å². The molecule has 2 aromatic carbocycles. The van der Waals surface area contributed by atoms with E-state index in [9.17, 15) is 13.6 Å². The molecule has 1 amide bonds. The second-order valence-electron chi connectivity index (χ2n) is 6.64. The number of nitrogens with one attached hydrogen (secondary N) is 2. The molecule has 3 rings (SSSR count). The van der Waals surface area contributed by atoms with E-state index in [0.29, 0.717) is 17.9 Å². The standard InChI is InChI=1S/C20H22F2N2O5/c1-24(10-14-4-5-15-18(8-14)28-12-27-15)11-19(25)23-9-13-3-6-16(29-20(21)22)17(7-13)26-2/h3-8,20H,9-12H2,1-2H3,(H,23,25)/p+1. The van der Waals surface area contributed by atoms with E-state index in [4.69, 9.17) is 14.2 Å². The molecule has 0 aliphatic carbocycles. The molecule has 2 N–H and O–H groups in total. The van der Waals surface area contributed by atoms with Crippen molar-refractivity contribution in [3.8, 4) is 23.0 Å². The molecule has 1 heterocycles. The number of benzene rings is 2. The third-order valence-electron chi connectivity index (χ3n) is 4.34. The van der Waals surface area contributed by atoms with Crippen LogP contribution in [0.5, 0.6) is 23.0 Å². The summed E-state index contributed by atoms with van der Waals surface area (Å²) in [7, 11) is 3.29. The predicted octanol–water partition coefficient (Wildman–Crippen LogP) is 1.36. The van der Waals surface area contributed by atoms with Gasteiger partial charge in [-0.1, -0.05) is 6.07 Å². The van der Waals surface area contributed by atoms with Gasteiger partial charge in [0.25, 0.3) is 5.91 Å². The highest BCUT2D eigenvalue weighted by Gasteiger charge is 2.16. The Kier molecular flexibility index (Phi) is 6.71. The summed E-state index contributed by atoms with van der Waals surface area (Å²) in [5, 5.41) is 2.82. The second-order valence-corrected chi connectivity index (χ2v) is 6.64. The van der Waals surface area contributed by atoms with Gasteiger partial charge in [-0.05, 0) is 35.9 Å². The van der Waals surface area contributed by atoms with Crippen LogP contribution < -0.4 is 29.2 Å². The lowest BCUT2D eigenvalue weighted by Crippen LogP contribution is -3.08. The number of hydrogen-bond acceptors (Lipinski definition) is 5. The van der Waals surface area contributed by atoms with E-state index in [1.54, 1.807) is 12.1 Å². The van der Waals surface area contributed by atoms with Gasteiger partial charge in [0.15, 0.2) is 29.5 Å². The van der Waals surface area contributed by atoms with Crippen LogP contribution in [0.25, 0.3) is 0 Å². The zero-order valence-electron chi connectivity index (χ0n) is 16.2. The van der Waals surface area contributed by atoms with E-state index >= 15 is 0 Å². The fourth-order valence-corrected chi connectivity index (χ4v) is 3.01. The van der Waals surface area contributed by atoms with Crippen LogP contribution >= 0.6 is 0 Å². The highest BCUT2D eigenvalue weighted by Crippen LogP contribution is 2.32. The molecule has 0 saturated carbocycles. The quantitative estimate of drug-likeness (QED) is 0.655. The van der Waals surface area contributed by atoms with E-state index < -0.39 is 6.61 Å². The number of methoxy groups -OCH3 is 1. The van der Waals surface area contributed by atoms with Crippen LogP contribution in [0.3, 0.4) is 0 Å². The number of carbonyl (C=O) groups is 1. The monoisotopic (exact) mass is 409 g/mol. The van der Waals surface area contributed by atoms with Crippen molar-refractivity contribution in [1.29, 1.82) is 0 Å². The minimum absolute atomic E-state index is 0.0505. The highest BCUT2D eigenvalue weighted by atomic mass is 19.3. The number of likely N-dealkylation sites (N-methyl/N-ethyl adjacent to an activating group) is 1. The molecule has 0 aromatic heterocycles. The maximum absolute atomic E-state index is 12.4. The molecule has 1 unspecified atom stereocenters. The smallest absolute Gasteiger partial charge is 0.387 e. The van der Waals surface area contributed by atoms with E-state index in [1.165, 1.54) is 13.2 Å². The molecule has 0 saturated heterocycles. The molecule has 7 nitrogen and oxygen atoms in total. The van der Waals surface area contributed by atoms with Crippen molar-refractivity contribution in [2.45, 2.75) is 19.7 Å². The molecule has 2 aromatic rings. The third kappa shape index (κ3) is 5.71. The predicted molar refractivity (Wildman–Crippen MR) is 99.5 cm³/mol. The van der Waals surface area contributed by atoms with Crippen LogP contribution in [0.4, 0.5) is 8.78 Å². The molecule has 1 aliphatic heterocycles. The van der Waals surface area contributed by atoms with Gasteiger partial charge in [-0.2, -0.15) is 8.78 Å². The van der Waals surface area contributed by atoms with Crippen molar-refractivity contribution in [2.24, 2.45) is 0 Å². The Morgan fingerprint density at radius 1 is 1.14 bits per heavy atom. The summed E-state index contributed by atoms with van der Waals surface area (Å²) in [4.78, 5) is 13.2. The minimum Gasteiger partial charge on any atom is -0.493 e. The van der Waals surface area contributed by atoms with Gasteiger partial charge in [0.2, 0.25) is 6.79 Å². The van der Waals surface area contributed by atoms with Gasteiger partial charge in [-0.3, -0.25) is 4.79 Å². The summed E-state index contributed by atoms with van der Waals surface area (Å²) in [5.74, 6) is 1.45. The number of rotatable bonds is 9. The number of quaternary nitrogens is 1. The van der Waals surface area contributed by atoms with E-state index in [2.05, 4.69) is 10.1 Å². The molecule has 0 fully saturated rings. The van der Waals surface area contributed by atoms with Crippen molar-refractivity contribution in [1.82, 2.24) is 5.32 Å². The Bertz CT molecular complexity index is 863. The Balaban J connectivity index is 1.49. The molecular weight excluding hydrogens is 386 g/mol. The van der Waals surface area contributed by atoms with E-state index in [1.807, 2.05) is 25.2 Å². The van der Waals surface area contributed by atoms with Gasteiger partial charge in [0.1, 0.15) is 6.54 Å². The number of ether oxygens (including phenoxy) is 4. The van der Waals surface area contributed by atoms with Crippen molar-refractivity contribution >= 4 is 5.91 Å². The number of halogens is 2. The molecule has 9 heteroatoms. The van der Waals surface area contributed by atoms with Crippen LogP contribution in [-0.2, 0) is 17.9 Å². The summed E-state index contributed by atoms with van der Waals surface area (Å²) in [6.07, 6.45) is 0. The Morgan fingerprint density at radius 2 is 1.90 bits per heavy atom. The summed E-state index contributed by atoms with van der Waals surface area (Å²) >= 11 is 0. The van der Waals surface area contributed by atoms with Crippen molar-refractivity contribution < 1.29 is 37.4 Å². The average Bonchev–Trinajstić information content (AvgIpc) is 3.14. The molecule has 29 heavy (non-hydrogen) atoms. The average molecular weight is 409 g/mol. The lowest BCUT2D eigenvalue weighted by molar-refractivity contribution is -0.885. The number of amides is 1. The van der Waals surface area contributed by atoms with Crippen LogP contribution in [0.15, 0.2) is 36.4 Å². The normalized spacial score (nSPS) is 13.3. The molecule has 156 valence electrons. The Hall–Kier alpha value is -3.07. The van der Waals surface area contributed by atoms with Crippen LogP contribution in [0, 0.1) is 0 Å². The maximum atomic E-state index is 12.4. The van der Waals surface area contributed by atoms with Crippen LogP contribution in [0.1, 0.15) is 11.1 Å². The van der Waals surface area contributed by atoms with Gasteiger partial charge in [-0.25, -0.2) is 0 Å². The SMILES string of the molecule is COc1cc(CNC(=O)C[NH+](C)Cc2ccc3c(c2)OCO3)ccc1OC(F)F. The molecule has 0 radical (unpaired) electrons. The topological polar surface area (TPSA) is 70.5 Å². The summed E-state index contributed by atoms with van der Waals surface area (Å²) in [6.45, 7) is -1.53. The van der Waals surface area contributed by atoms with E-state index in [0.717, 1.165) is 16.2 Å².